The van der Waals surface area contributed by atoms with E-state index in [1.807, 2.05) is 12.1 Å². The lowest BCUT2D eigenvalue weighted by Crippen LogP contribution is -2.11. The number of para-hydroxylation sites is 3. The summed E-state index contributed by atoms with van der Waals surface area (Å²) < 4.78 is 8.79. The molecule has 3 heteroatoms. The average molecular weight is 931 g/mol. The number of hydrogen-bond acceptors (Lipinski definition) is 2. The highest BCUT2D eigenvalue weighted by molar-refractivity contribution is 6.16. The number of rotatable bonds is 9. The third-order valence-corrected chi connectivity index (χ3v) is 14.6. The maximum Gasteiger partial charge on any atom is 0.137 e. The number of hydrogen-bond donors (Lipinski definition) is 0. The third-order valence-electron chi connectivity index (χ3n) is 14.6. The summed E-state index contributed by atoms with van der Waals surface area (Å²) in [4.78, 5) is 2.40. The van der Waals surface area contributed by atoms with Crippen molar-refractivity contribution < 1.29 is 4.42 Å². The molecule has 0 aliphatic rings. The Morgan fingerprint density at radius 3 is 1.58 bits per heavy atom. The van der Waals surface area contributed by atoms with Gasteiger partial charge in [0, 0.05) is 50.2 Å². The summed E-state index contributed by atoms with van der Waals surface area (Å²) in [5.74, 6) is 0. The van der Waals surface area contributed by atoms with Crippen molar-refractivity contribution in [2.24, 2.45) is 0 Å². The molecule has 14 aromatic rings. The Kier molecular flexibility index (Phi) is 10.2. The second kappa shape index (κ2) is 17.6. The average Bonchev–Trinajstić information content (AvgIpc) is 4.01. The Bertz CT molecular complexity index is 4350. The Hall–Kier alpha value is -9.70. The summed E-state index contributed by atoms with van der Waals surface area (Å²) >= 11 is 0. The minimum absolute atomic E-state index is 0.882. The number of nitrogens with zero attached hydrogens (tertiary/aromatic N) is 2. The summed E-state index contributed by atoms with van der Waals surface area (Å²) in [6.45, 7) is 0. The molecule has 0 unspecified atom stereocenters. The van der Waals surface area contributed by atoms with Gasteiger partial charge < -0.3 is 13.9 Å². The molecule has 73 heavy (non-hydrogen) atoms. The predicted molar refractivity (Wildman–Crippen MR) is 307 cm³/mol. The molecular formula is C70H46N2O. The molecule has 0 radical (unpaired) electrons. The fraction of sp³-hybridized carbons (Fsp3) is 0. The van der Waals surface area contributed by atoms with Gasteiger partial charge in [0.25, 0.3) is 0 Å². The van der Waals surface area contributed by atoms with Crippen molar-refractivity contribution in [2.45, 2.75) is 0 Å². The van der Waals surface area contributed by atoms with Gasteiger partial charge in [-0.2, -0.15) is 0 Å². The fourth-order valence-corrected chi connectivity index (χ4v) is 11.1. The van der Waals surface area contributed by atoms with Crippen LogP contribution in [0.25, 0.3) is 116 Å². The predicted octanol–water partition coefficient (Wildman–Crippen LogP) is 19.6. The van der Waals surface area contributed by atoms with Gasteiger partial charge in [0.2, 0.25) is 0 Å². The van der Waals surface area contributed by atoms with Gasteiger partial charge in [-0.15, -0.1) is 0 Å². The van der Waals surface area contributed by atoms with Gasteiger partial charge in [-0.1, -0.05) is 206 Å². The van der Waals surface area contributed by atoms with Crippen LogP contribution >= 0.6 is 0 Å². The first-order chi connectivity index (χ1) is 36.2. The van der Waals surface area contributed by atoms with Gasteiger partial charge in [-0.05, 0) is 128 Å². The number of furan rings is 1. The molecule has 0 amide bonds. The van der Waals surface area contributed by atoms with Crippen molar-refractivity contribution in [3.8, 4) is 61.3 Å². The molecule has 0 atom stereocenters. The maximum absolute atomic E-state index is 6.40. The minimum atomic E-state index is 0.882. The van der Waals surface area contributed by atoms with Gasteiger partial charge >= 0.3 is 0 Å². The minimum Gasteiger partial charge on any atom is -0.456 e. The van der Waals surface area contributed by atoms with Crippen LogP contribution in [0, 0.1) is 0 Å². The van der Waals surface area contributed by atoms with Crippen LogP contribution in [0.15, 0.2) is 283 Å². The van der Waals surface area contributed by atoms with E-state index >= 15 is 0 Å². The molecule has 342 valence electrons. The molecule has 0 saturated heterocycles. The zero-order chi connectivity index (χ0) is 48.2. The van der Waals surface area contributed by atoms with E-state index in [0.29, 0.717) is 0 Å². The highest BCUT2D eigenvalue weighted by atomic mass is 16.3. The van der Waals surface area contributed by atoms with E-state index in [0.717, 1.165) is 72.4 Å². The zero-order valence-corrected chi connectivity index (χ0v) is 39.9. The van der Waals surface area contributed by atoms with Crippen molar-refractivity contribution in [1.82, 2.24) is 4.57 Å². The molecule has 0 bridgehead atoms. The molecule has 0 fully saturated rings. The summed E-state index contributed by atoms with van der Waals surface area (Å²) in [5, 5.41) is 7.19. The highest BCUT2D eigenvalue weighted by Gasteiger charge is 2.21. The van der Waals surface area contributed by atoms with Crippen molar-refractivity contribution >= 4 is 71.6 Å². The molecule has 2 heterocycles. The summed E-state index contributed by atoms with van der Waals surface area (Å²) in [7, 11) is 0. The Morgan fingerprint density at radius 2 is 0.795 bits per heavy atom. The third kappa shape index (κ3) is 7.37. The van der Waals surface area contributed by atoms with Gasteiger partial charge in [0.15, 0.2) is 0 Å². The highest BCUT2D eigenvalue weighted by Crippen LogP contribution is 2.45. The summed E-state index contributed by atoms with van der Waals surface area (Å²) in [6, 6.07) is 101. The molecule has 0 spiro atoms. The largest absolute Gasteiger partial charge is 0.456 e. The van der Waals surface area contributed by atoms with Gasteiger partial charge in [-0.3, -0.25) is 0 Å². The van der Waals surface area contributed by atoms with E-state index < -0.39 is 0 Å². The van der Waals surface area contributed by atoms with E-state index in [2.05, 4.69) is 276 Å². The van der Waals surface area contributed by atoms with E-state index in [4.69, 9.17) is 4.42 Å². The van der Waals surface area contributed by atoms with Crippen LogP contribution in [0.2, 0.25) is 0 Å². The van der Waals surface area contributed by atoms with Crippen LogP contribution < -0.4 is 4.90 Å². The van der Waals surface area contributed by atoms with Crippen molar-refractivity contribution in [3.63, 3.8) is 0 Å². The van der Waals surface area contributed by atoms with E-state index in [1.54, 1.807) is 0 Å². The van der Waals surface area contributed by atoms with Gasteiger partial charge in [-0.25, -0.2) is 0 Å². The Morgan fingerprint density at radius 1 is 0.288 bits per heavy atom. The SMILES string of the molecule is c1ccc(-c2ccc(N(c3ccc(-c4ccc(-c5cccc6ccccc56)cc4)cc3)c3ccccc3-c3cccc(-c4cccc5c4c4ccccc4n5-c4ccc5c(c4)oc4ccccc45)c3)cc2)cc1. The van der Waals surface area contributed by atoms with Crippen LogP contribution in [-0.2, 0) is 0 Å². The van der Waals surface area contributed by atoms with Crippen molar-refractivity contribution in [2.75, 3.05) is 4.90 Å². The monoisotopic (exact) mass is 930 g/mol. The van der Waals surface area contributed by atoms with E-state index in [1.165, 1.54) is 60.5 Å². The normalized spacial score (nSPS) is 11.6. The van der Waals surface area contributed by atoms with Crippen LogP contribution in [0.1, 0.15) is 0 Å². The lowest BCUT2D eigenvalue weighted by Gasteiger charge is -2.28. The van der Waals surface area contributed by atoms with Crippen LogP contribution in [-0.4, -0.2) is 4.57 Å². The Balaban J connectivity index is 0.859. The number of aromatic nitrogens is 1. The van der Waals surface area contributed by atoms with Gasteiger partial charge in [0.1, 0.15) is 11.2 Å². The topological polar surface area (TPSA) is 21.3 Å². The standard InChI is InChI=1S/C70H46N2O/c1-2-15-47(16-3-1)49-35-39-55(40-36-49)71(56-41-37-50(38-42-56)48-31-33-52(34-32-48)59-25-13-18-51-17-4-5-21-58(51)59)65-27-9-6-22-60(65)53-19-12-20-54(45-53)61-26-14-29-67-70(61)64-24-7-10-28-66(64)72(67)57-43-44-63-62-23-8-11-30-68(62)73-69(63)46-57/h1-46H. The molecule has 0 N–H and O–H groups in total. The van der Waals surface area contributed by atoms with Crippen LogP contribution in [0.3, 0.4) is 0 Å². The summed E-state index contributed by atoms with van der Waals surface area (Å²) in [5.41, 5.74) is 20.2. The van der Waals surface area contributed by atoms with Gasteiger partial charge in [0.05, 0.1) is 16.7 Å². The maximum atomic E-state index is 6.40. The molecular weight excluding hydrogens is 885 g/mol. The lowest BCUT2D eigenvalue weighted by atomic mass is 9.94. The number of benzene rings is 12. The molecule has 14 rings (SSSR count). The molecule has 12 aromatic carbocycles. The second-order valence-electron chi connectivity index (χ2n) is 18.8. The smallest absolute Gasteiger partial charge is 0.137 e. The molecule has 0 aliphatic heterocycles. The Labute approximate surface area is 423 Å². The van der Waals surface area contributed by atoms with E-state index in [9.17, 15) is 0 Å². The first-order valence-corrected chi connectivity index (χ1v) is 25.0. The fourth-order valence-electron chi connectivity index (χ4n) is 11.1. The van der Waals surface area contributed by atoms with E-state index in [-0.39, 0.29) is 0 Å². The number of fused-ring (bicyclic) bond motifs is 7. The first-order valence-electron chi connectivity index (χ1n) is 25.0. The molecule has 3 nitrogen and oxygen atoms in total. The van der Waals surface area contributed by atoms with Crippen LogP contribution in [0.5, 0.6) is 0 Å². The molecule has 2 aromatic heterocycles. The second-order valence-corrected chi connectivity index (χ2v) is 18.8. The molecule has 0 aliphatic carbocycles. The summed E-state index contributed by atoms with van der Waals surface area (Å²) in [6.07, 6.45) is 0. The number of anilines is 3. The first kappa shape index (κ1) is 42.2. The molecule has 0 saturated carbocycles. The van der Waals surface area contributed by atoms with Crippen molar-refractivity contribution in [3.05, 3.63) is 279 Å². The lowest BCUT2D eigenvalue weighted by molar-refractivity contribution is 0.668. The van der Waals surface area contributed by atoms with Crippen molar-refractivity contribution in [1.29, 1.82) is 0 Å². The van der Waals surface area contributed by atoms with Crippen LogP contribution in [0.4, 0.5) is 17.1 Å². The quantitative estimate of drug-likeness (QED) is 0.144. The zero-order valence-electron chi connectivity index (χ0n) is 39.9.